The Morgan fingerprint density at radius 3 is 2.13 bits per heavy atom. The van der Waals surface area contributed by atoms with Crippen LogP contribution in [0.3, 0.4) is 0 Å². The summed E-state index contributed by atoms with van der Waals surface area (Å²) < 4.78 is 35.8. The number of aliphatic hydroxyl groups is 1. The highest BCUT2D eigenvalue weighted by molar-refractivity contribution is 4.75. The summed E-state index contributed by atoms with van der Waals surface area (Å²) in [4.78, 5) is 1.62. The second kappa shape index (κ2) is 5.70. The molecule has 0 aromatic carbocycles. The Morgan fingerprint density at radius 2 is 1.80 bits per heavy atom. The number of nitrogens with zero attached hydrogens (tertiary/aromatic N) is 1. The minimum Gasteiger partial charge on any atom is -0.396 e. The lowest BCUT2D eigenvalue weighted by Crippen LogP contribution is -2.37. The maximum Gasteiger partial charge on any atom is 0.390 e. The predicted octanol–water partition coefficient (Wildman–Crippen LogP) is 2.28. The molecule has 1 unspecified atom stereocenters. The van der Waals surface area contributed by atoms with Gasteiger partial charge in [-0.15, -0.1) is 0 Å². The van der Waals surface area contributed by atoms with Crippen molar-refractivity contribution in [2.75, 3.05) is 26.7 Å². The Balaban J connectivity index is 3.97. The van der Waals surface area contributed by atoms with Crippen LogP contribution in [-0.4, -0.2) is 42.9 Å². The quantitative estimate of drug-likeness (QED) is 0.752. The van der Waals surface area contributed by atoms with Crippen LogP contribution in [0.4, 0.5) is 13.2 Å². The van der Waals surface area contributed by atoms with Crippen molar-refractivity contribution in [3.05, 3.63) is 0 Å². The minimum absolute atomic E-state index is 0.000141. The Kier molecular flexibility index (Phi) is 5.59. The third-order valence-electron chi connectivity index (χ3n) is 2.66. The molecular weight excluding hydrogens is 207 g/mol. The van der Waals surface area contributed by atoms with Crippen LogP contribution in [0.5, 0.6) is 0 Å². The molecule has 0 aromatic heterocycles. The topological polar surface area (TPSA) is 23.5 Å². The molecule has 5 heteroatoms. The molecule has 0 fully saturated rings. The summed E-state index contributed by atoms with van der Waals surface area (Å²) in [6, 6.07) is 0. The van der Waals surface area contributed by atoms with E-state index in [0.717, 1.165) is 6.42 Å². The summed E-state index contributed by atoms with van der Waals surface area (Å²) in [7, 11) is 1.65. The third-order valence-corrected chi connectivity index (χ3v) is 2.66. The zero-order valence-corrected chi connectivity index (χ0v) is 9.56. The number of halogens is 3. The maximum absolute atomic E-state index is 11.9. The van der Waals surface area contributed by atoms with E-state index in [1.807, 2.05) is 13.8 Å². The molecule has 0 saturated carbocycles. The van der Waals surface area contributed by atoms with Gasteiger partial charge in [-0.1, -0.05) is 13.8 Å². The molecule has 2 nitrogen and oxygen atoms in total. The molecule has 92 valence electrons. The van der Waals surface area contributed by atoms with Gasteiger partial charge in [0.05, 0.1) is 6.42 Å². The van der Waals surface area contributed by atoms with Gasteiger partial charge in [-0.2, -0.15) is 13.2 Å². The largest absolute Gasteiger partial charge is 0.396 e. The summed E-state index contributed by atoms with van der Waals surface area (Å²) in [5, 5.41) is 9.11. The smallest absolute Gasteiger partial charge is 0.390 e. The van der Waals surface area contributed by atoms with Crippen molar-refractivity contribution >= 4 is 0 Å². The van der Waals surface area contributed by atoms with Crippen molar-refractivity contribution in [1.82, 2.24) is 4.90 Å². The average Bonchev–Trinajstić information content (AvgIpc) is 2.13. The van der Waals surface area contributed by atoms with Crippen LogP contribution in [0.25, 0.3) is 0 Å². The van der Waals surface area contributed by atoms with Gasteiger partial charge in [-0.25, -0.2) is 0 Å². The van der Waals surface area contributed by atoms with Gasteiger partial charge >= 0.3 is 6.18 Å². The zero-order chi connectivity index (χ0) is 12.1. The van der Waals surface area contributed by atoms with Crippen molar-refractivity contribution in [1.29, 1.82) is 0 Å². The molecule has 1 atom stereocenters. The van der Waals surface area contributed by atoms with Crippen LogP contribution in [0.15, 0.2) is 0 Å². The normalized spacial score (nSPS) is 16.8. The highest BCUT2D eigenvalue weighted by Crippen LogP contribution is 2.23. The van der Waals surface area contributed by atoms with Crippen LogP contribution in [0.2, 0.25) is 0 Å². The molecule has 0 spiro atoms. The van der Waals surface area contributed by atoms with E-state index < -0.39 is 12.6 Å². The SMILES string of the molecule is CCC(C)(CO)CN(C)CCC(F)(F)F. The van der Waals surface area contributed by atoms with Gasteiger partial charge in [0.1, 0.15) is 0 Å². The molecular formula is C10H20F3NO. The lowest BCUT2D eigenvalue weighted by atomic mass is 9.88. The standard InChI is InChI=1S/C10H20F3NO/c1-4-9(2,8-15)7-14(3)6-5-10(11,12)13/h15H,4-8H2,1-3H3. The van der Waals surface area contributed by atoms with Gasteiger partial charge in [0.15, 0.2) is 0 Å². The number of aliphatic hydroxyl groups excluding tert-OH is 1. The molecule has 0 bridgehead atoms. The Bertz CT molecular complexity index is 178. The van der Waals surface area contributed by atoms with Crippen molar-refractivity contribution in [3.8, 4) is 0 Å². The first kappa shape index (κ1) is 14.7. The number of hydrogen-bond donors (Lipinski definition) is 1. The molecule has 0 saturated heterocycles. The molecule has 0 amide bonds. The van der Waals surface area contributed by atoms with E-state index in [9.17, 15) is 13.2 Å². The van der Waals surface area contributed by atoms with Gasteiger partial charge in [-0.3, -0.25) is 0 Å². The summed E-state index contributed by atoms with van der Waals surface area (Å²) in [5.41, 5.74) is -0.305. The monoisotopic (exact) mass is 227 g/mol. The number of alkyl halides is 3. The fraction of sp³-hybridized carbons (Fsp3) is 1.00. The lowest BCUT2D eigenvalue weighted by Gasteiger charge is -2.31. The molecule has 0 heterocycles. The predicted molar refractivity (Wildman–Crippen MR) is 53.7 cm³/mol. The highest BCUT2D eigenvalue weighted by atomic mass is 19.4. The van der Waals surface area contributed by atoms with Gasteiger partial charge in [0.25, 0.3) is 0 Å². The van der Waals surface area contributed by atoms with E-state index in [2.05, 4.69) is 0 Å². The summed E-state index contributed by atoms with van der Waals surface area (Å²) in [6.45, 7) is 4.26. The van der Waals surface area contributed by atoms with Gasteiger partial charge in [-0.05, 0) is 13.5 Å². The average molecular weight is 227 g/mol. The second-order valence-electron chi connectivity index (χ2n) is 4.43. The van der Waals surface area contributed by atoms with Crippen LogP contribution in [0.1, 0.15) is 26.7 Å². The van der Waals surface area contributed by atoms with E-state index in [0.29, 0.717) is 6.54 Å². The van der Waals surface area contributed by atoms with Crippen LogP contribution >= 0.6 is 0 Å². The van der Waals surface area contributed by atoms with Gasteiger partial charge < -0.3 is 10.0 Å². The first-order chi connectivity index (χ1) is 6.72. The molecule has 0 rings (SSSR count). The third kappa shape index (κ3) is 6.73. The van der Waals surface area contributed by atoms with Crippen molar-refractivity contribution in [3.63, 3.8) is 0 Å². The van der Waals surface area contributed by atoms with Crippen molar-refractivity contribution < 1.29 is 18.3 Å². The molecule has 0 aliphatic heterocycles. The van der Waals surface area contributed by atoms with Gasteiger partial charge in [0.2, 0.25) is 0 Å². The van der Waals surface area contributed by atoms with Crippen LogP contribution in [0, 0.1) is 5.41 Å². The van der Waals surface area contributed by atoms with Gasteiger partial charge in [0, 0.05) is 25.1 Å². The highest BCUT2D eigenvalue weighted by Gasteiger charge is 2.29. The van der Waals surface area contributed by atoms with Crippen LogP contribution < -0.4 is 0 Å². The first-order valence-electron chi connectivity index (χ1n) is 5.08. The first-order valence-corrected chi connectivity index (χ1v) is 5.08. The lowest BCUT2D eigenvalue weighted by molar-refractivity contribution is -0.138. The van der Waals surface area contributed by atoms with Crippen LogP contribution in [-0.2, 0) is 0 Å². The maximum atomic E-state index is 11.9. The molecule has 15 heavy (non-hydrogen) atoms. The fourth-order valence-corrected chi connectivity index (χ4v) is 1.32. The van der Waals surface area contributed by atoms with Crippen molar-refractivity contribution in [2.45, 2.75) is 32.9 Å². The van der Waals surface area contributed by atoms with E-state index >= 15 is 0 Å². The second-order valence-corrected chi connectivity index (χ2v) is 4.43. The zero-order valence-electron chi connectivity index (χ0n) is 9.56. The van der Waals surface area contributed by atoms with E-state index in [4.69, 9.17) is 5.11 Å². The molecule has 1 N–H and O–H groups in total. The number of rotatable bonds is 6. The van der Waals surface area contributed by atoms with E-state index in [1.54, 1.807) is 11.9 Å². The number of hydrogen-bond acceptors (Lipinski definition) is 2. The Morgan fingerprint density at radius 1 is 1.27 bits per heavy atom. The fourth-order valence-electron chi connectivity index (χ4n) is 1.32. The van der Waals surface area contributed by atoms with Crippen molar-refractivity contribution in [2.24, 2.45) is 5.41 Å². The summed E-state index contributed by atoms with van der Waals surface area (Å²) in [6.07, 6.45) is -4.15. The molecule has 0 aliphatic carbocycles. The van der Waals surface area contributed by atoms with E-state index in [-0.39, 0.29) is 18.6 Å². The summed E-state index contributed by atoms with van der Waals surface area (Å²) in [5.74, 6) is 0. The molecule has 0 aromatic rings. The summed E-state index contributed by atoms with van der Waals surface area (Å²) >= 11 is 0. The minimum atomic E-state index is -4.10. The molecule has 0 aliphatic rings. The molecule has 0 radical (unpaired) electrons. The Hall–Kier alpha value is -0.290. The Labute approximate surface area is 89.1 Å². The van der Waals surface area contributed by atoms with E-state index in [1.165, 1.54) is 0 Å².